The van der Waals surface area contributed by atoms with Gasteiger partial charge in [-0.1, -0.05) is 6.07 Å². The lowest BCUT2D eigenvalue weighted by atomic mass is 10.0. The molecule has 0 spiro atoms. The van der Waals surface area contributed by atoms with Crippen LogP contribution in [0.15, 0.2) is 60.1 Å². The number of nitrogens with zero attached hydrogens (tertiary/aromatic N) is 3. The summed E-state index contributed by atoms with van der Waals surface area (Å²) in [6, 6.07) is 8.05. The molecule has 3 heterocycles. The monoisotopic (exact) mass is 383 g/mol. The molecule has 0 aliphatic carbocycles. The Bertz CT molecular complexity index is 930. The number of hydrogen-bond acceptors (Lipinski definition) is 4. The number of nitrogens with one attached hydrogen (secondary N) is 2. The van der Waals surface area contributed by atoms with Crippen molar-refractivity contribution in [3.63, 3.8) is 0 Å². The van der Waals surface area contributed by atoms with Gasteiger partial charge in [0, 0.05) is 35.8 Å². The van der Waals surface area contributed by atoms with Crippen LogP contribution in [-0.4, -0.2) is 26.3 Å². The molecule has 27 heavy (non-hydrogen) atoms. The molecule has 2 N–H and O–H groups in total. The third-order valence-electron chi connectivity index (χ3n) is 4.35. The number of carbonyl (C=O) groups excluding carboxylic acids is 1. The van der Waals surface area contributed by atoms with Crippen molar-refractivity contribution >= 4 is 17.8 Å². The van der Waals surface area contributed by atoms with E-state index in [0.29, 0.717) is 6.54 Å². The fourth-order valence-corrected chi connectivity index (χ4v) is 4.08. The summed E-state index contributed by atoms with van der Waals surface area (Å²) in [6.07, 6.45) is 7.68. The number of thioether (sulfide) groups is 1. The molecule has 1 aromatic carbocycles. The highest BCUT2D eigenvalue weighted by atomic mass is 32.2. The zero-order chi connectivity index (χ0) is 18.6. The smallest absolute Gasteiger partial charge is 0.315 e. The first kappa shape index (κ1) is 17.5. The number of rotatable bonds is 4. The van der Waals surface area contributed by atoms with E-state index in [-0.39, 0.29) is 17.9 Å². The highest BCUT2D eigenvalue weighted by Gasteiger charge is 2.22. The number of fused-ring (bicyclic) bond motifs is 1. The van der Waals surface area contributed by atoms with Gasteiger partial charge in [0.1, 0.15) is 18.0 Å². The highest BCUT2D eigenvalue weighted by molar-refractivity contribution is 7.99. The van der Waals surface area contributed by atoms with E-state index in [1.165, 1.54) is 12.1 Å². The second-order valence-electron chi connectivity index (χ2n) is 6.19. The van der Waals surface area contributed by atoms with Gasteiger partial charge in [0.05, 0.1) is 6.04 Å². The van der Waals surface area contributed by atoms with Gasteiger partial charge in [-0.2, -0.15) is 0 Å². The van der Waals surface area contributed by atoms with Gasteiger partial charge >= 0.3 is 6.03 Å². The van der Waals surface area contributed by atoms with Gasteiger partial charge in [0.2, 0.25) is 0 Å². The Kier molecular flexibility index (Phi) is 5.06. The Labute approximate surface area is 160 Å². The van der Waals surface area contributed by atoms with Crippen molar-refractivity contribution in [2.75, 3.05) is 5.75 Å². The third kappa shape index (κ3) is 4.11. The molecule has 0 radical (unpaired) electrons. The van der Waals surface area contributed by atoms with Crippen molar-refractivity contribution in [3.05, 3.63) is 72.2 Å². The molecule has 4 rings (SSSR count). The molecule has 0 saturated carbocycles. The van der Waals surface area contributed by atoms with Crippen molar-refractivity contribution < 1.29 is 9.18 Å². The standard InChI is InChI=1S/C19H18FN5OS/c20-14-2-3-17-15(9-14)16(5-8-27-17)24-19(26)23-11-13-1-4-18(22-10-13)25-7-6-21-12-25/h1-4,6-7,9-10,12,16H,5,8,11H2,(H2,23,24,26). The second kappa shape index (κ2) is 7.79. The summed E-state index contributed by atoms with van der Waals surface area (Å²) in [5.41, 5.74) is 1.73. The van der Waals surface area contributed by atoms with Gasteiger partial charge in [0.15, 0.2) is 0 Å². The van der Waals surface area contributed by atoms with Crippen LogP contribution in [0.25, 0.3) is 5.82 Å². The highest BCUT2D eigenvalue weighted by Crippen LogP contribution is 2.36. The first-order chi connectivity index (χ1) is 13.2. The minimum atomic E-state index is -0.285. The maximum atomic E-state index is 13.6. The third-order valence-corrected chi connectivity index (χ3v) is 5.47. The number of hydrogen-bond donors (Lipinski definition) is 2. The maximum Gasteiger partial charge on any atom is 0.315 e. The van der Waals surface area contributed by atoms with Crippen molar-refractivity contribution in [2.45, 2.75) is 23.9 Å². The van der Waals surface area contributed by atoms with Crippen molar-refractivity contribution in [2.24, 2.45) is 0 Å². The fraction of sp³-hybridized carbons (Fsp3) is 0.211. The van der Waals surface area contributed by atoms with Crippen LogP contribution in [-0.2, 0) is 6.54 Å². The maximum absolute atomic E-state index is 13.6. The molecule has 0 saturated heterocycles. The predicted molar refractivity (Wildman–Crippen MR) is 101 cm³/mol. The Balaban J connectivity index is 1.35. The molecule has 1 unspecified atom stereocenters. The van der Waals surface area contributed by atoms with E-state index < -0.39 is 0 Å². The molecule has 2 aromatic heterocycles. The number of carbonyl (C=O) groups is 1. The summed E-state index contributed by atoms with van der Waals surface area (Å²) >= 11 is 1.69. The number of pyridine rings is 1. The first-order valence-electron chi connectivity index (χ1n) is 8.59. The molecular formula is C19H18FN5OS. The lowest BCUT2D eigenvalue weighted by Gasteiger charge is -2.26. The van der Waals surface area contributed by atoms with Crippen LogP contribution in [0.4, 0.5) is 9.18 Å². The summed E-state index contributed by atoms with van der Waals surface area (Å²) in [7, 11) is 0. The van der Waals surface area contributed by atoms with Gasteiger partial charge in [-0.15, -0.1) is 11.8 Å². The summed E-state index contributed by atoms with van der Waals surface area (Å²) in [5.74, 6) is 1.37. The Morgan fingerprint density at radius 1 is 1.33 bits per heavy atom. The first-order valence-corrected chi connectivity index (χ1v) is 9.57. The number of halogens is 1. The summed E-state index contributed by atoms with van der Waals surface area (Å²) in [6.45, 7) is 0.362. The molecular weight excluding hydrogens is 365 g/mol. The van der Waals surface area contributed by atoms with Crippen LogP contribution < -0.4 is 10.6 Å². The van der Waals surface area contributed by atoms with Gasteiger partial charge in [-0.05, 0) is 41.8 Å². The molecule has 3 aromatic rings. The van der Waals surface area contributed by atoms with Gasteiger partial charge in [-0.25, -0.2) is 19.2 Å². The lowest BCUT2D eigenvalue weighted by molar-refractivity contribution is 0.236. The lowest BCUT2D eigenvalue weighted by Crippen LogP contribution is -2.38. The van der Waals surface area contributed by atoms with Crippen LogP contribution in [0.3, 0.4) is 0 Å². The summed E-state index contributed by atoms with van der Waals surface area (Å²) in [5, 5.41) is 5.78. The molecule has 0 bridgehead atoms. The molecule has 2 amide bonds. The van der Waals surface area contributed by atoms with Crippen molar-refractivity contribution in [1.29, 1.82) is 0 Å². The van der Waals surface area contributed by atoms with E-state index >= 15 is 0 Å². The van der Waals surface area contributed by atoms with E-state index in [1.54, 1.807) is 36.5 Å². The normalized spacial score (nSPS) is 15.8. The molecule has 8 heteroatoms. The minimum absolute atomic E-state index is 0.182. The van der Waals surface area contributed by atoms with E-state index in [0.717, 1.165) is 34.0 Å². The largest absolute Gasteiger partial charge is 0.334 e. The molecule has 1 aliphatic rings. The number of aromatic nitrogens is 3. The summed E-state index contributed by atoms with van der Waals surface area (Å²) in [4.78, 5) is 21.6. The SMILES string of the molecule is O=C(NCc1ccc(-n2ccnc2)nc1)NC1CCSc2ccc(F)cc21. The van der Waals surface area contributed by atoms with Crippen molar-refractivity contribution in [1.82, 2.24) is 25.2 Å². The Morgan fingerprint density at radius 2 is 2.26 bits per heavy atom. The number of amides is 2. The zero-order valence-corrected chi connectivity index (χ0v) is 15.2. The topological polar surface area (TPSA) is 71.8 Å². The summed E-state index contributed by atoms with van der Waals surface area (Å²) < 4.78 is 15.4. The quantitative estimate of drug-likeness (QED) is 0.724. The molecule has 1 aliphatic heterocycles. The van der Waals surface area contributed by atoms with E-state index in [9.17, 15) is 9.18 Å². The minimum Gasteiger partial charge on any atom is -0.334 e. The number of benzene rings is 1. The average molecular weight is 383 g/mol. The van der Waals surface area contributed by atoms with E-state index in [1.807, 2.05) is 22.9 Å². The number of urea groups is 1. The van der Waals surface area contributed by atoms with Gasteiger partial charge in [0.25, 0.3) is 0 Å². The fourth-order valence-electron chi connectivity index (χ4n) is 2.98. The van der Waals surface area contributed by atoms with Crippen LogP contribution in [0.2, 0.25) is 0 Å². The Morgan fingerprint density at radius 3 is 3.04 bits per heavy atom. The molecule has 138 valence electrons. The van der Waals surface area contributed by atoms with E-state index in [4.69, 9.17) is 0 Å². The molecule has 0 fully saturated rings. The van der Waals surface area contributed by atoms with Crippen LogP contribution in [0, 0.1) is 5.82 Å². The van der Waals surface area contributed by atoms with E-state index in [2.05, 4.69) is 20.6 Å². The van der Waals surface area contributed by atoms with Gasteiger partial charge < -0.3 is 10.6 Å². The van der Waals surface area contributed by atoms with Crippen LogP contribution >= 0.6 is 11.8 Å². The second-order valence-corrected chi connectivity index (χ2v) is 7.33. The zero-order valence-electron chi connectivity index (χ0n) is 14.4. The van der Waals surface area contributed by atoms with Gasteiger partial charge in [-0.3, -0.25) is 4.57 Å². The molecule has 1 atom stereocenters. The predicted octanol–water partition coefficient (Wildman–Crippen LogP) is 3.44. The average Bonchev–Trinajstić information content (AvgIpc) is 3.22. The van der Waals surface area contributed by atoms with Crippen molar-refractivity contribution in [3.8, 4) is 5.82 Å². The van der Waals surface area contributed by atoms with Crippen LogP contribution in [0.1, 0.15) is 23.6 Å². The number of imidazole rings is 1. The molecule has 6 nitrogen and oxygen atoms in total. The Hall–Kier alpha value is -2.87. The van der Waals surface area contributed by atoms with Crippen LogP contribution in [0.5, 0.6) is 0 Å².